The summed E-state index contributed by atoms with van der Waals surface area (Å²) in [5.41, 5.74) is 6.49. The van der Waals surface area contributed by atoms with Gasteiger partial charge in [0.15, 0.2) is 0 Å². The molecule has 2 N–H and O–H groups in total. The lowest BCUT2D eigenvalue weighted by molar-refractivity contribution is 0.168. The van der Waals surface area contributed by atoms with Gasteiger partial charge in [-0.3, -0.25) is 4.90 Å². The average molecular weight is 292 g/mol. The summed E-state index contributed by atoms with van der Waals surface area (Å²) < 4.78 is 5.83. The summed E-state index contributed by atoms with van der Waals surface area (Å²) in [5, 5.41) is 0. The Balaban J connectivity index is 1.82. The first kappa shape index (κ1) is 15.3. The van der Waals surface area contributed by atoms with Gasteiger partial charge in [-0.25, -0.2) is 0 Å². The molecule has 0 aliphatic heterocycles. The summed E-state index contributed by atoms with van der Waals surface area (Å²) >= 11 is 4.98. The van der Waals surface area contributed by atoms with Crippen molar-refractivity contribution in [2.24, 2.45) is 5.73 Å². The molecule has 1 saturated carbocycles. The van der Waals surface area contributed by atoms with Crippen molar-refractivity contribution in [1.29, 1.82) is 0 Å². The van der Waals surface area contributed by atoms with Crippen molar-refractivity contribution < 1.29 is 4.74 Å². The highest BCUT2D eigenvalue weighted by Crippen LogP contribution is 2.23. The van der Waals surface area contributed by atoms with E-state index in [1.54, 1.807) is 0 Å². The zero-order chi connectivity index (χ0) is 14.4. The number of nitrogens with two attached hydrogens (primary N) is 1. The summed E-state index contributed by atoms with van der Waals surface area (Å²) in [7, 11) is 0. The maximum atomic E-state index is 5.83. The molecule has 3 nitrogen and oxygen atoms in total. The van der Waals surface area contributed by atoms with Crippen molar-refractivity contribution in [1.82, 2.24) is 4.90 Å². The molecule has 0 amide bonds. The Labute approximate surface area is 127 Å². The van der Waals surface area contributed by atoms with Gasteiger partial charge in [0.05, 0.1) is 0 Å². The summed E-state index contributed by atoms with van der Waals surface area (Å²) in [4.78, 5) is 2.95. The highest BCUT2D eigenvalue weighted by Gasteiger charge is 2.20. The van der Waals surface area contributed by atoms with Gasteiger partial charge >= 0.3 is 0 Å². The van der Waals surface area contributed by atoms with Crippen LogP contribution in [0, 0.1) is 0 Å². The third-order valence-corrected chi connectivity index (χ3v) is 4.25. The molecular formula is C16H24N2OS. The standard InChI is InChI=1S/C16H24N2OS/c1-2-18(14-7-3-4-8-14)10-11-19-15-9-5-6-13(12-15)16(17)20/h5-6,9,12,14H,2-4,7-8,10-11H2,1H3,(H2,17,20). The van der Waals surface area contributed by atoms with Gasteiger partial charge < -0.3 is 10.5 Å². The van der Waals surface area contributed by atoms with Gasteiger partial charge in [0.25, 0.3) is 0 Å². The van der Waals surface area contributed by atoms with Crippen LogP contribution >= 0.6 is 12.2 Å². The minimum Gasteiger partial charge on any atom is -0.492 e. The largest absolute Gasteiger partial charge is 0.492 e. The summed E-state index contributed by atoms with van der Waals surface area (Å²) in [6, 6.07) is 8.46. The number of thiocarbonyl (C=S) groups is 1. The van der Waals surface area contributed by atoms with E-state index in [1.807, 2.05) is 24.3 Å². The van der Waals surface area contributed by atoms with Gasteiger partial charge in [0.2, 0.25) is 0 Å². The Morgan fingerprint density at radius 1 is 1.40 bits per heavy atom. The lowest BCUT2D eigenvalue weighted by Crippen LogP contribution is -2.36. The molecule has 1 fully saturated rings. The quantitative estimate of drug-likeness (QED) is 0.784. The van der Waals surface area contributed by atoms with Crippen molar-refractivity contribution in [2.75, 3.05) is 19.7 Å². The highest BCUT2D eigenvalue weighted by molar-refractivity contribution is 7.80. The molecule has 0 bridgehead atoms. The van der Waals surface area contributed by atoms with Crippen molar-refractivity contribution in [3.63, 3.8) is 0 Å². The maximum absolute atomic E-state index is 5.83. The fourth-order valence-electron chi connectivity index (χ4n) is 2.89. The van der Waals surface area contributed by atoms with E-state index in [0.717, 1.165) is 30.4 Å². The number of hydrogen-bond donors (Lipinski definition) is 1. The van der Waals surface area contributed by atoms with Crippen LogP contribution in [0.1, 0.15) is 38.2 Å². The van der Waals surface area contributed by atoms with Gasteiger partial charge in [0.1, 0.15) is 17.3 Å². The molecule has 2 rings (SSSR count). The Morgan fingerprint density at radius 2 is 2.15 bits per heavy atom. The zero-order valence-electron chi connectivity index (χ0n) is 12.2. The summed E-state index contributed by atoms with van der Waals surface area (Å²) in [5.74, 6) is 0.845. The first-order valence-electron chi connectivity index (χ1n) is 7.47. The van der Waals surface area contributed by atoms with E-state index >= 15 is 0 Å². The predicted molar refractivity (Wildman–Crippen MR) is 87.3 cm³/mol. The fourth-order valence-corrected chi connectivity index (χ4v) is 3.02. The first-order chi connectivity index (χ1) is 9.70. The molecule has 0 aromatic heterocycles. The van der Waals surface area contributed by atoms with Crippen LogP contribution in [0.2, 0.25) is 0 Å². The second-order valence-corrected chi connectivity index (χ2v) is 5.75. The number of benzene rings is 1. The molecular weight excluding hydrogens is 268 g/mol. The highest BCUT2D eigenvalue weighted by atomic mass is 32.1. The number of nitrogens with zero attached hydrogens (tertiary/aromatic N) is 1. The summed E-state index contributed by atoms with van der Waals surface area (Å²) in [6.07, 6.45) is 5.42. The van der Waals surface area contributed by atoms with E-state index in [1.165, 1.54) is 25.7 Å². The average Bonchev–Trinajstić information content (AvgIpc) is 2.98. The number of ether oxygens (including phenoxy) is 1. The van der Waals surface area contributed by atoms with Crippen LogP contribution in [0.15, 0.2) is 24.3 Å². The predicted octanol–water partition coefficient (Wildman–Crippen LogP) is 2.96. The molecule has 20 heavy (non-hydrogen) atoms. The van der Waals surface area contributed by atoms with Gasteiger partial charge in [-0.15, -0.1) is 0 Å². The Morgan fingerprint density at radius 3 is 2.80 bits per heavy atom. The Kier molecular flexibility index (Phi) is 5.80. The summed E-state index contributed by atoms with van der Waals surface area (Å²) in [6.45, 7) is 5.02. The monoisotopic (exact) mass is 292 g/mol. The van der Waals surface area contributed by atoms with Crippen molar-refractivity contribution in [2.45, 2.75) is 38.6 Å². The SMILES string of the molecule is CCN(CCOc1cccc(C(N)=S)c1)C1CCCC1. The van der Waals surface area contributed by atoms with Crippen molar-refractivity contribution in [3.8, 4) is 5.75 Å². The van der Waals surface area contributed by atoms with Crippen LogP contribution in [-0.4, -0.2) is 35.6 Å². The van der Waals surface area contributed by atoms with E-state index < -0.39 is 0 Å². The molecule has 1 aliphatic carbocycles. The molecule has 4 heteroatoms. The zero-order valence-corrected chi connectivity index (χ0v) is 13.0. The van der Waals surface area contributed by atoms with Gasteiger partial charge in [-0.1, -0.05) is 44.1 Å². The molecule has 0 radical (unpaired) electrons. The molecule has 0 heterocycles. The third-order valence-electron chi connectivity index (χ3n) is 4.01. The minimum atomic E-state index is 0.414. The van der Waals surface area contributed by atoms with E-state index in [9.17, 15) is 0 Å². The number of rotatable bonds is 7. The third kappa shape index (κ3) is 4.18. The lowest BCUT2D eigenvalue weighted by Gasteiger charge is -2.27. The van der Waals surface area contributed by atoms with Crippen molar-refractivity contribution >= 4 is 17.2 Å². The molecule has 0 atom stereocenters. The second-order valence-electron chi connectivity index (χ2n) is 5.31. The topological polar surface area (TPSA) is 38.5 Å². The normalized spacial score (nSPS) is 15.7. The number of likely N-dealkylation sites (N-methyl/N-ethyl adjacent to an activating group) is 1. The fraction of sp³-hybridized carbons (Fsp3) is 0.562. The first-order valence-corrected chi connectivity index (χ1v) is 7.88. The molecule has 1 aromatic carbocycles. The number of hydrogen-bond acceptors (Lipinski definition) is 3. The molecule has 0 unspecified atom stereocenters. The lowest BCUT2D eigenvalue weighted by atomic mass is 10.2. The van der Waals surface area contributed by atoms with Crippen LogP contribution in [0.25, 0.3) is 0 Å². The van der Waals surface area contributed by atoms with Gasteiger partial charge in [-0.2, -0.15) is 0 Å². The Hall–Kier alpha value is -1.13. The van der Waals surface area contributed by atoms with Gasteiger partial charge in [0, 0.05) is 18.2 Å². The molecule has 1 aromatic rings. The van der Waals surface area contributed by atoms with Gasteiger partial charge in [-0.05, 0) is 31.5 Å². The smallest absolute Gasteiger partial charge is 0.120 e. The minimum absolute atomic E-state index is 0.414. The molecule has 0 spiro atoms. The van der Waals surface area contributed by atoms with Crippen LogP contribution in [0.3, 0.4) is 0 Å². The molecule has 1 aliphatic rings. The molecule has 0 saturated heterocycles. The second kappa shape index (κ2) is 7.60. The van der Waals surface area contributed by atoms with Crippen LogP contribution in [0.5, 0.6) is 5.75 Å². The van der Waals surface area contributed by atoms with Crippen LogP contribution in [0.4, 0.5) is 0 Å². The van der Waals surface area contributed by atoms with E-state index in [2.05, 4.69) is 11.8 Å². The van der Waals surface area contributed by atoms with E-state index in [-0.39, 0.29) is 0 Å². The van der Waals surface area contributed by atoms with E-state index in [4.69, 9.17) is 22.7 Å². The Bertz CT molecular complexity index is 444. The van der Waals surface area contributed by atoms with E-state index in [0.29, 0.717) is 11.6 Å². The van der Waals surface area contributed by atoms with Crippen LogP contribution < -0.4 is 10.5 Å². The van der Waals surface area contributed by atoms with Crippen LogP contribution in [-0.2, 0) is 0 Å². The van der Waals surface area contributed by atoms with Crippen molar-refractivity contribution in [3.05, 3.63) is 29.8 Å². The maximum Gasteiger partial charge on any atom is 0.120 e. The molecule has 110 valence electrons.